The van der Waals surface area contributed by atoms with Crippen LogP contribution in [0.15, 0.2) is 24.3 Å². The number of carbonyl (C=O) groups excluding carboxylic acids is 2. The van der Waals surface area contributed by atoms with E-state index in [4.69, 9.17) is 23.2 Å². The van der Waals surface area contributed by atoms with E-state index in [1.807, 2.05) is 4.90 Å². The Bertz CT molecular complexity index is 804. The minimum Gasteiger partial charge on any atom is -0.392 e. The molecule has 2 unspecified atom stereocenters. The number of rotatable bonds is 6. The van der Waals surface area contributed by atoms with Gasteiger partial charge in [0, 0.05) is 58.3 Å². The second-order valence-corrected chi connectivity index (χ2v) is 8.59. The third-order valence-electron chi connectivity index (χ3n) is 5.41. The van der Waals surface area contributed by atoms with Crippen molar-refractivity contribution in [2.45, 2.75) is 25.0 Å². The highest BCUT2D eigenvalue weighted by molar-refractivity contribution is 6.42. The van der Waals surface area contributed by atoms with Gasteiger partial charge in [-0.1, -0.05) is 29.3 Å². The van der Waals surface area contributed by atoms with Gasteiger partial charge in [0.05, 0.1) is 22.3 Å². The number of aliphatic hydroxyl groups excluding tert-OH is 2. The Balaban J connectivity index is 1.51. The lowest BCUT2D eigenvalue weighted by molar-refractivity contribution is -0.131. The zero-order valence-electron chi connectivity index (χ0n) is 16.7. The normalized spacial score (nSPS) is 22.0. The molecule has 9 heteroatoms. The Morgan fingerprint density at radius 2 is 1.97 bits per heavy atom. The molecule has 30 heavy (non-hydrogen) atoms. The van der Waals surface area contributed by atoms with Crippen molar-refractivity contribution < 1.29 is 19.8 Å². The van der Waals surface area contributed by atoms with Crippen LogP contribution < -0.4 is 0 Å². The van der Waals surface area contributed by atoms with Gasteiger partial charge in [0.1, 0.15) is 0 Å². The van der Waals surface area contributed by atoms with Gasteiger partial charge in [-0.25, -0.2) is 0 Å². The second-order valence-electron chi connectivity index (χ2n) is 7.78. The van der Waals surface area contributed by atoms with Gasteiger partial charge in [-0.2, -0.15) is 0 Å². The van der Waals surface area contributed by atoms with Crippen LogP contribution >= 0.6 is 23.2 Å². The molecule has 2 saturated heterocycles. The van der Waals surface area contributed by atoms with E-state index in [0.717, 1.165) is 12.1 Å². The molecular weight excluding hydrogens is 429 g/mol. The number of aliphatic hydroxyl groups is 2. The van der Waals surface area contributed by atoms with Crippen molar-refractivity contribution in [1.82, 2.24) is 14.7 Å². The van der Waals surface area contributed by atoms with E-state index in [0.29, 0.717) is 49.2 Å². The summed E-state index contributed by atoms with van der Waals surface area (Å²) in [6, 6.07) is 5.12. The van der Waals surface area contributed by atoms with Crippen molar-refractivity contribution in [2.75, 3.05) is 45.8 Å². The predicted molar refractivity (Wildman–Crippen MR) is 116 cm³/mol. The van der Waals surface area contributed by atoms with Gasteiger partial charge >= 0.3 is 0 Å². The van der Waals surface area contributed by atoms with Crippen molar-refractivity contribution >= 4 is 41.1 Å². The molecule has 1 aromatic rings. The number of benzene rings is 1. The third kappa shape index (κ3) is 6.43. The number of likely N-dealkylation sites (tertiary alicyclic amines) is 1. The van der Waals surface area contributed by atoms with Crippen LogP contribution in [-0.2, 0) is 9.59 Å². The van der Waals surface area contributed by atoms with E-state index in [1.54, 1.807) is 34.1 Å². The van der Waals surface area contributed by atoms with Gasteiger partial charge in [-0.3, -0.25) is 14.5 Å². The molecule has 2 aliphatic rings. The first-order valence-electron chi connectivity index (χ1n) is 10.1. The van der Waals surface area contributed by atoms with E-state index in [2.05, 4.69) is 0 Å². The fourth-order valence-electron chi connectivity index (χ4n) is 3.76. The maximum absolute atomic E-state index is 12.5. The molecule has 2 fully saturated rings. The Labute approximate surface area is 186 Å². The number of amides is 2. The monoisotopic (exact) mass is 455 g/mol. The zero-order valence-corrected chi connectivity index (χ0v) is 18.2. The summed E-state index contributed by atoms with van der Waals surface area (Å²) >= 11 is 11.9. The molecule has 2 atom stereocenters. The van der Waals surface area contributed by atoms with E-state index in [9.17, 15) is 19.8 Å². The van der Waals surface area contributed by atoms with Gasteiger partial charge in [0.15, 0.2) is 0 Å². The topological polar surface area (TPSA) is 84.3 Å². The molecule has 0 aliphatic carbocycles. The third-order valence-corrected chi connectivity index (χ3v) is 6.15. The van der Waals surface area contributed by atoms with E-state index >= 15 is 0 Å². The second kappa shape index (κ2) is 10.6. The summed E-state index contributed by atoms with van der Waals surface area (Å²) in [7, 11) is 0. The van der Waals surface area contributed by atoms with Gasteiger partial charge in [-0.05, 0) is 30.2 Å². The predicted octanol–water partition coefficient (Wildman–Crippen LogP) is 1.50. The number of nitrogens with zero attached hydrogens (tertiary/aromatic N) is 3. The summed E-state index contributed by atoms with van der Waals surface area (Å²) in [5.74, 6) is -0.249. The van der Waals surface area contributed by atoms with Crippen molar-refractivity contribution in [1.29, 1.82) is 0 Å². The fraction of sp³-hybridized carbons (Fsp3) is 0.524. The van der Waals surface area contributed by atoms with Crippen molar-refractivity contribution in [3.8, 4) is 0 Å². The lowest BCUT2D eigenvalue weighted by atomic mass is 10.2. The molecule has 2 heterocycles. The number of β-amino-alcohol motifs (C(OH)–C–C–N with tert-alkyl or cyclic N) is 2. The van der Waals surface area contributed by atoms with Crippen molar-refractivity contribution in [3.63, 3.8) is 0 Å². The highest BCUT2D eigenvalue weighted by atomic mass is 35.5. The van der Waals surface area contributed by atoms with Crippen LogP contribution in [0.1, 0.15) is 18.4 Å². The Morgan fingerprint density at radius 1 is 1.17 bits per heavy atom. The molecular formula is C21H27Cl2N3O4. The quantitative estimate of drug-likeness (QED) is 0.634. The molecule has 3 rings (SSSR count). The Hall–Kier alpha value is -1.64. The molecule has 0 saturated carbocycles. The largest absolute Gasteiger partial charge is 0.392 e. The molecule has 2 N–H and O–H groups in total. The molecule has 164 valence electrons. The molecule has 0 spiro atoms. The van der Waals surface area contributed by atoms with Crippen molar-refractivity contribution in [3.05, 3.63) is 39.9 Å². The Morgan fingerprint density at radius 3 is 2.67 bits per heavy atom. The lowest BCUT2D eigenvalue weighted by Crippen LogP contribution is -2.43. The van der Waals surface area contributed by atoms with Gasteiger partial charge < -0.3 is 20.0 Å². The van der Waals surface area contributed by atoms with Gasteiger partial charge in [0.25, 0.3) is 0 Å². The van der Waals surface area contributed by atoms with Crippen LogP contribution in [0.5, 0.6) is 0 Å². The van der Waals surface area contributed by atoms with E-state index in [-0.39, 0.29) is 30.9 Å². The summed E-state index contributed by atoms with van der Waals surface area (Å²) in [6.45, 7) is 3.09. The number of hydrogen-bond acceptors (Lipinski definition) is 5. The molecule has 0 bridgehead atoms. The van der Waals surface area contributed by atoms with Crippen LogP contribution in [0.4, 0.5) is 0 Å². The first kappa shape index (κ1) is 23.0. The zero-order chi connectivity index (χ0) is 21.7. The van der Waals surface area contributed by atoms with Crippen LogP contribution in [0.2, 0.25) is 10.0 Å². The van der Waals surface area contributed by atoms with Crippen LogP contribution in [-0.4, -0.2) is 94.7 Å². The minimum absolute atomic E-state index is 0.0701. The first-order valence-corrected chi connectivity index (χ1v) is 10.9. The highest BCUT2D eigenvalue weighted by Crippen LogP contribution is 2.23. The molecule has 0 aromatic heterocycles. The summed E-state index contributed by atoms with van der Waals surface area (Å²) in [4.78, 5) is 30.2. The first-order chi connectivity index (χ1) is 14.3. The summed E-state index contributed by atoms with van der Waals surface area (Å²) in [6.07, 6.45) is 3.05. The smallest absolute Gasteiger partial charge is 0.246 e. The lowest BCUT2D eigenvalue weighted by Gasteiger charge is -2.26. The Kier molecular flexibility index (Phi) is 8.13. The van der Waals surface area contributed by atoms with Gasteiger partial charge in [0.2, 0.25) is 11.8 Å². The summed E-state index contributed by atoms with van der Waals surface area (Å²) < 4.78 is 0. The number of halogens is 2. The fourth-order valence-corrected chi connectivity index (χ4v) is 4.06. The average Bonchev–Trinajstić information content (AvgIpc) is 3.02. The molecule has 1 aromatic carbocycles. The molecule has 0 radical (unpaired) electrons. The number of carbonyl (C=O) groups is 2. The van der Waals surface area contributed by atoms with Crippen LogP contribution in [0.25, 0.3) is 6.08 Å². The maximum atomic E-state index is 12.5. The van der Waals surface area contributed by atoms with Crippen LogP contribution in [0.3, 0.4) is 0 Å². The average molecular weight is 456 g/mol. The summed E-state index contributed by atoms with van der Waals surface area (Å²) in [5.41, 5.74) is 0.764. The maximum Gasteiger partial charge on any atom is 0.246 e. The molecule has 2 aliphatic heterocycles. The van der Waals surface area contributed by atoms with Gasteiger partial charge in [-0.15, -0.1) is 0 Å². The van der Waals surface area contributed by atoms with E-state index in [1.165, 1.54) is 6.08 Å². The standard InChI is InChI=1S/C21H27Cl2N3O4/c22-18-3-1-15(11-19(18)23)2-4-20(29)25-8-6-21(30)26(10-9-25)14-17(28)13-24-7-5-16(27)12-24/h1-4,11,16-17,27-28H,5-10,12-14H2. The van der Waals surface area contributed by atoms with Crippen molar-refractivity contribution in [2.24, 2.45) is 0 Å². The molecule has 2 amide bonds. The molecule has 7 nitrogen and oxygen atoms in total. The number of hydrogen-bond donors (Lipinski definition) is 2. The SMILES string of the molecule is O=C(C=Cc1ccc(Cl)c(Cl)c1)N1CCC(=O)N(CC(O)CN2CCC(O)C2)CC1. The minimum atomic E-state index is -0.684. The summed E-state index contributed by atoms with van der Waals surface area (Å²) in [5, 5.41) is 20.8. The highest BCUT2D eigenvalue weighted by Gasteiger charge is 2.27. The van der Waals surface area contributed by atoms with Crippen LogP contribution in [0, 0.1) is 0 Å². The van der Waals surface area contributed by atoms with E-state index < -0.39 is 6.10 Å².